The molecule has 0 radical (unpaired) electrons. The molecule has 1 amide bonds. The third-order valence-electron chi connectivity index (χ3n) is 2.55. The molecule has 0 aromatic carbocycles. The first-order valence-corrected chi connectivity index (χ1v) is 6.95. The first-order valence-electron chi connectivity index (χ1n) is 6.07. The Labute approximate surface area is 108 Å². The minimum Gasteiger partial charge on any atom is -0.354 e. The zero-order valence-corrected chi connectivity index (χ0v) is 11.9. The summed E-state index contributed by atoms with van der Waals surface area (Å²) in [4.78, 5) is 12.8. The van der Waals surface area contributed by atoms with E-state index in [2.05, 4.69) is 35.9 Å². The van der Waals surface area contributed by atoms with Crippen molar-refractivity contribution < 1.29 is 4.79 Å². The van der Waals surface area contributed by atoms with Gasteiger partial charge in [0.15, 0.2) is 0 Å². The minimum absolute atomic E-state index is 0.114. The predicted molar refractivity (Wildman–Crippen MR) is 73.4 cm³/mol. The van der Waals surface area contributed by atoms with Gasteiger partial charge in [-0.15, -0.1) is 11.3 Å². The van der Waals surface area contributed by atoms with Crippen LogP contribution in [0.4, 0.5) is 0 Å². The number of nitrogens with one attached hydrogen (secondary N) is 2. The van der Waals surface area contributed by atoms with Crippen LogP contribution in [0.1, 0.15) is 43.7 Å². The maximum Gasteiger partial charge on any atom is 0.221 e. The van der Waals surface area contributed by atoms with Crippen LogP contribution in [0.3, 0.4) is 0 Å². The van der Waals surface area contributed by atoms with Crippen molar-refractivity contribution in [3.63, 3.8) is 0 Å². The van der Waals surface area contributed by atoms with Crippen LogP contribution in [0.25, 0.3) is 0 Å². The number of aryl methyl sites for hydroxylation is 1. The lowest BCUT2D eigenvalue weighted by Crippen LogP contribution is -2.33. The molecule has 4 heteroatoms. The SMILES string of the molecule is Cc1ccsc1C(C)NCCC(=O)NC(C)C. The normalized spacial score (nSPS) is 12.8. The summed E-state index contributed by atoms with van der Waals surface area (Å²) < 4.78 is 0. The number of rotatable bonds is 6. The smallest absolute Gasteiger partial charge is 0.221 e. The van der Waals surface area contributed by atoms with Crippen LogP contribution in [0.5, 0.6) is 0 Å². The average molecular weight is 254 g/mol. The molecule has 0 aliphatic heterocycles. The summed E-state index contributed by atoms with van der Waals surface area (Å²) in [5.41, 5.74) is 1.32. The van der Waals surface area contributed by atoms with Crippen LogP contribution in [0, 0.1) is 6.92 Å². The van der Waals surface area contributed by atoms with Gasteiger partial charge in [-0.3, -0.25) is 4.79 Å². The number of carbonyl (C=O) groups is 1. The molecule has 1 heterocycles. The molecule has 1 aromatic heterocycles. The van der Waals surface area contributed by atoms with Crippen LogP contribution < -0.4 is 10.6 Å². The molecule has 3 nitrogen and oxygen atoms in total. The van der Waals surface area contributed by atoms with E-state index in [0.29, 0.717) is 12.5 Å². The fraction of sp³-hybridized carbons (Fsp3) is 0.615. The number of thiophene rings is 1. The van der Waals surface area contributed by atoms with Crippen molar-refractivity contribution >= 4 is 17.2 Å². The van der Waals surface area contributed by atoms with Crippen molar-refractivity contribution in [3.05, 3.63) is 21.9 Å². The average Bonchev–Trinajstić information content (AvgIpc) is 2.63. The fourth-order valence-corrected chi connectivity index (χ4v) is 2.68. The highest BCUT2D eigenvalue weighted by Crippen LogP contribution is 2.23. The lowest BCUT2D eigenvalue weighted by molar-refractivity contribution is -0.121. The lowest BCUT2D eigenvalue weighted by Gasteiger charge is -2.14. The van der Waals surface area contributed by atoms with Gasteiger partial charge in [0.2, 0.25) is 5.91 Å². The van der Waals surface area contributed by atoms with Crippen molar-refractivity contribution in [3.8, 4) is 0 Å². The van der Waals surface area contributed by atoms with Crippen molar-refractivity contribution in [1.29, 1.82) is 0 Å². The Morgan fingerprint density at radius 1 is 1.41 bits per heavy atom. The van der Waals surface area contributed by atoms with Crippen LogP contribution in [-0.2, 0) is 4.79 Å². The largest absolute Gasteiger partial charge is 0.354 e. The Bertz CT molecular complexity index is 360. The summed E-state index contributed by atoms with van der Waals surface area (Å²) >= 11 is 1.76. The maximum absolute atomic E-state index is 11.4. The van der Waals surface area contributed by atoms with Gasteiger partial charge in [0.1, 0.15) is 0 Å². The molecule has 0 saturated carbocycles. The summed E-state index contributed by atoms with van der Waals surface area (Å²) in [5.74, 6) is 0.114. The quantitative estimate of drug-likeness (QED) is 0.819. The minimum atomic E-state index is 0.114. The number of hydrogen-bond acceptors (Lipinski definition) is 3. The highest BCUT2D eigenvalue weighted by molar-refractivity contribution is 7.10. The summed E-state index contributed by atoms with van der Waals surface area (Å²) in [5, 5.41) is 8.37. The highest BCUT2D eigenvalue weighted by atomic mass is 32.1. The van der Waals surface area contributed by atoms with Gasteiger partial charge in [-0.05, 0) is 44.7 Å². The zero-order valence-electron chi connectivity index (χ0n) is 11.0. The van der Waals surface area contributed by atoms with E-state index in [4.69, 9.17) is 0 Å². The van der Waals surface area contributed by atoms with E-state index in [1.54, 1.807) is 11.3 Å². The molecule has 1 atom stereocenters. The first-order chi connectivity index (χ1) is 8.00. The summed E-state index contributed by atoms with van der Waals surface area (Å²) in [6.07, 6.45) is 0.535. The second-order valence-corrected chi connectivity index (χ2v) is 5.56. The van der Waals surface area contributed by atoms with Gasteiger partial charge in [0, 0.05) is 29.9 Å². The van der Waals surface area contributed by atoms with Gasteiger partial charge < -0.3 is 10.6 Å². The summed E-state index contributed by atoms with van der Waals surface area (Å²) in [7, 11) is 0. The number of carbonyl (C=O) groups excluding carboxylic acids is 1. The predicted octanol–water partition coefficient (Wildman–Crippen LogP) is 2.62. The van der Waals surface area contributed by atoms with Gasteiger partial charge in [0.05, 0.1) is 0 Å². The molecule has 1 rings (SSSR count). The molecule has 96 valence electrons. The van der Waals surface area contributed by atoms with Crippen LogP contribution >= 0.6 is 11.3 Å². The monoisotopic (exact) mass is 254 g/mol. The van der Waals surface area contributed by atoms with Gasteiger partial charge >= 0.3 is 0 Å². The van der Waals surface area contributed by atoms with Crippen LogP contribution in [-0.4, -0.2) is 18.5 Å². The highest BCUT2D eigenvalue weighted by Gasteiger charge is 2.10. The molecule has 1 aromatic rings. The van der Waals surface area contributed by atoms with E-state index in [1.165, 1.54) is 10.4 Å². The van der Waals surface area contributed by atoms with Crippen molar-refractivity contribution in [2.45, 2.75) is 46.2 Å². The van der Waals surface area contributed by atoms with Crippen LogP contribution in [0.2, 0.25) is 0 Å². The van der Waals surface area contributed by atoms with E-state index < -0.39 is 0 Å². The van der Waals surface area contributed by atoms with E-state index >= 15 is 0 Å². The van der Waals surface area contributed by atoms with Crippen LogP contribution in [0.15, 0.2) is 11.4 Å². The molecule has 1 unspecified atom stereocenters. The summed E-state index contributed by atoms with van der Waals surface area (Å²) in [6.45, 7) is 8.93. The molecule has 0 spiro atoms. The Balaban J connectivity index is 2.27. The summed E-state index contributed by atoms with van der Waals surface area (Å²) in [6, 6.07) is 2.67. The third kappa shape index (κ3) is 4.88. The lowest BCUT2D eigenvalue weighted by atomic mass is 10.2. The van der Waals surface area contributed by atoms with Crippen molar-refractivity contribution in [1.82, 2.24) is 10.6 Å². The second kappa shape index (κ2) is 6.77. The topological polar surface area (TPSA) is 41.1 Å². The van der Waals surface area contributed by atoms with E-state index in [9.17, 15) is 4.79 Å². The number of hydrogen-bond donors (Lipinski definition) is 2. The third-order valence-corrected chi connectivity index (χ3v) is 3.75. The van der Waals surface area contributed by atoms with E-state index in [-0.39, 0.29) is 11.9 Å². The van der Waals surface area contributed by atoms with Gasteiger partial charge in [-0.1, -0.05) is 0 Å². The van der Waals surface area contributed by atoms with Crippen molar-refractivity contribution in [2.24, 2.45) is 0 Å². The maximum atomic E-state index is 11.4. The Morgan fingerprint density at radius 3 is 2.65 bits per heavy atom. The standard InChI is InChI=1S/C13H22N2OS/c1-9(2)15-12(16)5-7-14-11(4)13-10(3)6-8-17-13/h6,8-9,11,14H,5,7H2,1-4H3,(H,15,16). The molecule has 0 aliphatic rings. The Morgan fingerprint density at radius 2 is 2.12 bits per heavy atom. The van der Waals surface area contributed by atoms with Crippen molar-refractivity contribution in [2.75, 3.05) is 6.54 Å². The molecule has 17 heavy (non-hydrogen) atoms. The van der Waals surface area contributed by atoms with E-state index in [0.717, 1.165) is 6.54 Å². The second-order valence-electron chi connectivity index (χ2n) is 4.62. The molecule has 0 saturated heterocycles. The Hall–Kier alpha value is -0.870. The molecule has 0 aliphatic carbocycles. The van der Waals surface area contributed by atoms with Gasteiger partial charge in [-0.2, -0.15) is 0 Å². The van der Waals surface area contributed by atoms with Gasteiger partial charge in [0.25, 0.3) is 0 Å². The Kier molecular flexibility index (Phi) is 5.65. The van der Waals surface area contributed by atoms with Gasteiger partial charge in [-0.25, -0.2) is 0 Å². The van der Waals surface area contributed by atoms with E-state index in [1.807, 2.05) is 13.8 Å². The fourth-order valence-electron chi connectivity index (χ4n) is 1.72. The molecule has 0 fully saturated rings. The zero-order chi connectivity index (χ0) is 12.8. The molecular weight excluding hydrogens is 232 g/mol. The first kappa shape index (κ1) is 14.2. The molecular formula is C13H22N2OS. The molecule has 0 bridgehead atoms. The number of amides is 1. The molecule has 2 N–H and O–H groups in total.